The molecule has 0 radical (unpaired) electrons. The maximum absolute atomic E-state index is 11.1. The lowest BCUT2D eigenvalue weighted by atomic mass is 10.1. The lowest BCUT2D eigenvalue weighted by molar-refractivity contribution is 0.0697. The van der Waals surface area contributed by atoms with Crippen molar-refractivity contribution < 1.29 is 14.6 Å². The van der Waals surface area contributed by atoms with Crippen molar-refractivity contribution in [3.63, 3.8) is 0 Å². The van der Waals surface area contributed by atoms with E-state index in [1.165, 1.54) is 16.0 Å². The van der Waals surface area contributed by atoms with Crippen LogP contribution in [0, 0.1) is 6.92 Å². The highest BCUT2D eigenvalue weighted by Gasteiger charge is 2.16. The van der Waals surface area contributed by atoms with Gasteiger partial charge in [0.1, 0.15) is 12.4 Å². The second-order valence-corrected chi connectivity index (χ2v) is 9.48. The third-order valence-electron chi connectivity index (χ3n) is 5.88. The highest BCUT2D eigenvalue weighted by atomic mass is 32.2. The topological polar surface area (TPSA) is 49.8 Å². The van der Waals surface area contributed by atoms with Gasteiger partial charge in [0.2, 0.25) is 0 Å². The Kier molecular flexibility index (Phi) is 8.48. The number of thioether (sulfide) groups is 1. The molecule has 0 fully saturated rings. The van der Waals surface area contributed by atoms with E-state index in [1.54, 1.807) is 24.3 Å². The molecule has 0 saturated heterocycles. The number of nitrogens with zero attached hydrogens (tertiary/aromatic N) is 1. The van der Waals surface area contributed by atoms with E-state index in [4.69, 9.17) is 9.84 Å². The fourth-order valence-corrected chi connectivity index (χ4v) is 4.83. The molecule has 0 bridgehead atoms. The van der Waals surface area contributed by atoms with E-state index in [-0.39, 0.29) is 12.2 Å². The van der Waals surface area contributed by atoms with E-state index in [0.29, 0.717) is 12.3 Å². The summed E-state index contributed by atoms with van der Waals surface area (Å²) in [7, 11) is 0. The van der Waals surface area contributed by atoms with Crippen molar-refractivity contribution in [2.75, 3.05) is 11.5 Å². The molecule has 4 aromatic rings. The number of ether oxygens (including phenoxy) is 1. The summed E-state index contributed by atoms with van der Waals surface area (Å²) in [6, 6.07) is 33.6. The normalized spacial score (nSPS) is 10.6. The molecule has 0 aromatic heterocycles. The largest absolute Gasteiger partial charge is 0.487 e. The van der Waals surface area contributed by atoms with Crippen LogP contribution in [0.1, 0.15) is 27.0 Å². The minimum atomic E-state index is -0.958. The molecule has 4 aromatic carbocycles. The summed E-state index contributed by atoms with van der Waals surface area (Å²) in [5.74, 6) is 0.520. The standard InChI is InChI=1S/C31H29NO3S/c1-23-10-6-9-15-30(23)32(24(2)21-35-28-18-16-25(17-19-28)31(33)34)20-26-11-7-8-12-27(26)22-36-29-13-4-3-5-14-29/h3-19H,2,20-22H2,1H3,(H,33,34). The molecule has 0 saturated carbocycles. The Labute approximate surface area is 216 Å². The lowest BCUT2D eigenvalue weighted by Gasteiger charge is -2.29. The van der Waals surface area contributed by atoms with Crippen molar-refractivity contribution >= 4 is 23.4 Å². The Morgan fingerprint density at radius 3 is 2.19 bits per heavy atom. The van der Waals surface area contributed by atoms with Crippen molar-refractivity contribution in [1.29, 1.82) is 0 Å². The molecule has 0 atom stereocenters. The zero-order chi connectivity index (χ0) is 25.3. The van der Waals surface area contributed by atoms with Crippen LogP contribution in [-0.4, -0.2) is 17.7 Å². The van der Waals surface area contributed by atoms with Gasteiger partial charge in [0.05, 0.1) is 5.56 Å². The van der Waals surface area contributed by atoms with E-state index in [2.05, 4.69) is 79.1 Å². The van der Waals surface area contributed by atoms with E-state index < -0.39 is 5.97 Å². The number of para-hydroxylation sites is 1. The van der Waals surface area contributed by atoms with Crippen LogP contribution in [0.5, 0.6) is 5.75 Å². The first-order valence-electron chi connectivity index (χ1n) is 11.7. The summed E-state index contributed by atoms with van der Waals surface area (Å²) < 4.78 is 5.98. The van der Waals surface area contributed by atoms with Crippen LogP contribution in [-0.2, 0) is 12.3 Å². The predicted molar refractivity (Wildman–Crippen MR) is 148 cm³/mol. The lowest BCUT2D eigenvalue weighted by Crippen LogP contribution is -2.26. The van der Waals surface area contributed by atoms with Gasteiger partial charge in [0, 0.05) is 28.6 Å². The van der Waals surface area contributed by atoms with Crippen LogP contribution in [0.2, 0.25) is 0 Å². The molecule has 36 heavy (non-hydrogen) atoms. The third-order valence-corrected chi connectivity index (χ3v) is 6.94. The Morgan fingerprint density at radius 2 is 1.50 bits per heavy atom. The molecule has 0 heterocycles. The summed E-state index contributed by atoms with van der Waals surface area (Å²) in [5.41, 5.74) is 5.79. The Hall–Kier alpha value is -3.96. The van der Waals surface area contributed by atoms with Gasteiger partial charge in [0.25, 0.3) is 0 Å². The average Bonchev–Trinajstić information content (AvgIpc) is 2.91. The second kappa shape index (κ2) is 12.1. The number of carbonyl (C=O) groups is 1. The monoisotopic (exact) mass is 495 g/mol. The molecule has 4 rings (SSSR count). The van der Waals surface area contributed by atoms with Gasteiger partial charge in [-0.1, -0.05) is 67.2 Å². The van der Waals surface area contributed by atoms with Gasteiger partial charge in [-0.3, -0.25) is 0 Å². The summed E-state index contributed by atoms with van der Waals surface area (Å²) in [4.78, 5) is 14.6. The minimum absolute atomic E-state index is 0.229. The quantitative estimate of drug-likeness (QED) is 0.217. The first kappa shape index (κ1) is 25.1. The molecule has 0 unspecified atom stereocenters. The van der Waals surface area contributed by atoms with Gasteiger partial charge in [-0.05, 0) is 66.1 Å². The fraction of sp³-hybridized carbons (Fsp3) is 0.129. The van der Waals surface area contributed by atoms with E-state index in [9.17, 15) is 4.79 Å². The first-order chi connectivity index (χ1) is 17.5. The molecule has 0 aliphatic rings. The third kappa shape index (κ3) is 6.58. The summed E-state index contributed by atoms with van der Waals surface area (Å²) >= 11 is 1.83. The van der Waals surface area contributed by atoms with Gasteiger partial charge < -0.3 is 14.7 Å². The maximum Gasteiger partial charge on any atom is 0.335 e. The minimum Gasteiger partial charge on any atom is -0.487 e. The molecule has 0 spiro atoms. The molecule has 0 amide bonds. The summed E-state index contributed by atoms with van der Waals surface area (Å²) in [6.07, 6.45) is 0. The van der Waals surface area contributed by atoms with Gasteiger partial charge in [-0.25, -0.2) is 4.79 Å². The van der Waals surface area contributed by atoms with Crippen molar-refractivity contribution in [1.82, 2.24) is 0 Å². The van der Waals surface area contributed by atoms with Crippen molar-refractivity contribution in [3.05, 3.63) is 138 Å². The van der Waals surface area contributed by atoms with Crippen LogP contribution in [0.25, 0.3) is 0 Å². The molecule has 1 N–H and O–H groups in total. The van der Waals surface area contributed by atoms with Crippen LogP contribution in [0.3, 0.4) is 0 Å². The number of hydrogen-bond acceptors (Lipinski definition) is 4. The van der Waals surface area contributed by atoms with Crippen LogP contribution in [0.4, 0.5) is 5.69 Å². The number of anilines is 1. The Balaban J connectivity index is 1.53. The number of aryl methyl sites for hydroxylation is 1. The number of aromatic carboxylic acids is 1. The van der Waals surface area contributed by atoms with Crippen molar-refractivity contribution in [2.24, 2.45) is 0 Å². The number of rotatable bonds is 11. The van der Waals surface area contributed by atoms with E-state index in [0.717, 1.165) is 22.7 Å². The van der Waals surface area contributed by atoms with Crippen LogP contribution in [0.15, 0.2) is 120 Å². The molecular formula is C31H29NO3S. The predicted octanol–water partition coefficient (Wildman–Crippen LogP) is 7.58. The molecule has 0 aliphatic heterocycles. The molecule has 5 heteroatoms. The Morgan fingerprint density at radius 1 is 0.861 bits per heavy atom. The Bertz CT molecular complexity index is 1320. The zero-order valence-electron chi connectivity index (χ0n) is 20.3. The zero-order valence-corrected chi connectivity index (χ0v) is 21.1. The van der Waals surface area contributed by atoms with Gasteiger partial charge in [-0.2, -0.15) is 0 Å². The average molecular weight is 496 g/mol. The molecule has 4 nitrogen and oxygen atoms in total. The summed E-state index contributed by atoms with van der Waals surface area (Å²) in [6.45, 7) is 7.39. The summed E-state index contributed by atoms with van der Waals surface area (Å²) in [5, 5.41) is 9.12. The van der Waals surface area contributed by atoms with Crippen molar-refractivity contribution in [3.8, 4) is 5.75 Å². The first-order valence-corrected chi connectivity index (χ1v) is 12.7. The fourth-order valence-electron chi connectivity index (χ4n) is 3.87. The molecular weight excluding hydrogens is 466 g/mol. The SMILES string of the molecule is C=C(COc1ccc(C(=O)O)cc1)N(Cc1ccccc1CSc1ccccc1)c1ccccc1C. The molecule has 182 valence electrons. The molecule has 0 aliphatic carbocycles. The highest BCUT2D eigenvalue weighted by molar-refractivity contribution is 7.98. The van der Waals surface area contributed by atoms with Crippen LogP contribution < -0.4 is 9.64 Å². The van der Waals surface area contributed by atoms with Gasteiger partial charge >= 0.3 is 5.97 Å². The number of hydrogen-bond donors (Lipinski definition) is 1. The highest BCUT2D eigenvalue weighted by Crippen LogP contribution is 2.29. The number of benzene rings is 4. The smallest absolute Gasteiger partial charge is 0.335 e. The van der Waals surface area contributed by atoms with Gasteiger partial charge in [0.15, 0.2) is 0 Å². The number of carboxylic acid groups (broad SMARTS) is 1. The van der Waals surface area contributed by atoms with Crippen LogP contribution >= 0.6 is 11.8 Å². The number of carboxylic acids is 1. The maximum atomic E-state index is 11.1. The second-order valence-electron chi connectivity index (χ2n) is 8.43. The van der Waals surface area contributed by atoms with E-state index >= 15 is 0 Å². The van der Waals surface area contributed by atoms with Crippen molar-refractivity contribution in [2.45, 2.75) is 24.1 Å². The van der Waals surface area contributed by atoms with E-state index in [1.807, 2.05) is 30.0 Å². The van der Waals surface area contributed by atoms with Gasteiger partial charge in [-0.15, -0.1) is 11.8 Å².